The van der Waals surface area contributed by atoms with Crippen molar-refractivity contribution in [3.8, 4) is 5.75 Å². The minimum absolute atomic E-state index is 0. The van der Waals surface area contributed by atoms with E-state index < -0.39 is 0 Å². The van der Waals surface area contributed by atoms with Crippen LogP contribution in [0.25, 0.3) is 23.2 Å². The highest BCUT2D eigenvalue weighted by atomic mass is 35.5. The molecule has 0 saturated carbocycles. The van der Waals surface area contributed by atoms with Gasteiger partial charge in [0.15, 0.2) is 0 Å². The van der Waals surface area contributed by atoms with Crippen LogP contribution in [0.5, 0.6) is 5.75 Å². The number of benzene rings is 3. The average Bonchev–Trinajstić information content (AvgIpc) is 3.11. The minimum atomic E-state index is 0. The summed E-state index contributed by atoms with van der Waals surface area (Å²) in [6.45, 7) is 1.65. The van der Waals surface area contributed by atoms with Gasteiger partial charge in [0.05, 0.1) is 17.6 Å². The van der Waals surface area contributed by atoms with Gasteiger partial charge in [0.1, 0.15) is 11.6 Å². The number of hydrogen-bond donors (Lipinski definition) is 0. The highest BCUT2D eigenvalue weighted by molar-refractivity contribution is 5.79. The fraction of sp³-hybridized carbons (Fsp3) is 0.160. The van der Waals surface area contributed by atoms with Crippen LogP contribution < -0.4 is 17.1 Å². The summed E-state index contributed by atoms with van der Waals surface area (Å²) in [5.41, 5.74) is 3.40. The third-order valence-electron chi connectivity index (χ3n) is 4.70. The number of imidazole rings is 1. The van der Waals surface area contributed by atoms with Gasteiger partial charge in [0, 0.05) is 6.54 Å². The number of halogens is 1. The molecule has 4 aromatic rings. The summed E-state index contributed by atoms with van der Waals surface area (Å²) in [5.74, 6) is 1.93. The first-order chi connectivity index (χ1) is 13.9. The zero-order valence-corrected chi connectivity index (χ0v) is 17.0. The van der Waals surface area contributed by atoms with Crippen molar-refractivity contribution in [2.45, 2.75) is 19.4 Å². The van der Waals surface area contributed by atoms with Crippen molar-refractivity contribution in [3.63, 3.8) is 0 Å². The molecule has 3 nitrogen and oxygen atoms in total. The molecule has 0 atom stereocenters. The van der Waals surface area contributed by atoms with Gasteiger partial charge in [-0.25, -0.2) is 4.98 Å². The fourth-order valence-corrected chi connectivity index (χ4v) is 3.27. The lowest BCUT2D eigenvalue weighted by Crippen LogP contribution is -3.00. The quantitative estimate of drug-likeness (QED) is 0.423. The van der Waals surface area contributed by atoms with Gasteiger partial charge >= 0.3 is 0 Å². The molecule has 29 heavy (non-hydrogen) atoms. The van der Waals surface area contributed by atoms with Crippen molar-refractivity contribution in [1.29, 1.82) is 0 Å². The molecule has 1 aromatic heterocycles. The molecule has 4 rings (SSSR count). The van der Waals surface area contributed by atoms with Gasteiger partial charge in [-0.15, -0.1) is 0 Å². The average molecular weight is 404 g/mol. The summed E-state index contributed by atoms with van der Waals surface area (Å²) in [7, 11) is 0. The van der Waals surface area contributed by atoms with Crippen molar-refractivity contribution < 1.29 is 17.1 Å². The first kappa shape index (κ1) is 20.7. The number of para-hydroxylation sites is 3. The molecule has 0 aliphatic carbocycles. The summed E-state index contributed by atoms with van der Waals surface area (Å²) >= 11 is 0. The van der Waals surface area contributed by atoms with Crippen molar-refractivity contribution in [3.05, 3.63) is 96.3 Å². The summed E-state index contributed by atoms with van der Waals surface area (Å²) in [6.07, 6.45) is 6.27. The minimum Gasteiger partial charge on any atom is -1.00 e. The van der Waals surface area contributed by atoms with Gasteiger partial charge in [0.2, 0.25) is 0 Å². The van der Waals surface area contributed by atoms with Crippen LogP contribution >= 0.6 is 0 Å². The Bertz CT molecular complexity index is 1040. The fourth-order valence-electron chi connectivity index (χ4n) is 3.27. The lowest BCUT2D eigenvalue weighted by Gasteiger charge is -2.08. The molecule has 0 bridgehead atoms. The monoisotopic (exact) mass is 403 g/mol. The number of unbranched alkanes of at least 4 members (excludes halogenated alkanes) is 1. The van der Waals surface area contributed by atoms with Crippen LogP contribution in [0.4, 0.5) is 0 Å². The van der Waals surface area contributed by atoms with Gasteiger partial charge in [-0.1, -0.05) is 66.7 Å². The number of aromatic nitrogens is 2. The van der Waals surface area contributed by atoms with Gasteiger partial charge in [0.25, 0.3) is 0 Å². The summed E-state index contributed by atoms with van der Waals surface area (Å²) in [4.78, 5) is 4.82. The Labute approximate surface area is 178 Å². The molecule has 0 aliphatic rings. The predicted molar refractivity (Wildman–Crippen MR) is 116 cm³/mol. The van der Waals surface area contributed by atoms with Gasteiger partial charge in [-0.05, 0) is 48.7 Å². The number of aryl methyl sites for hydroxylation is 1. The summed E-state index contributed by atoms with van der Waals surface area (Å²) < 4.78 is 8.11. The topological polar surface area (TPSA) is 27.1 Å². The predicted octanol–water partition coefficient (Wildman–Crippen LogP) is 3.07. The molecule has 148 valence electrons. The highest BCUT2D eigenvalue weighted by Gasteiger charge is 2.08. The Morgan fingerprint density at radius 3 is 2.24 bits per heavy atom. The molecule has 1 heterocycles. The Kier molecular flexibility index (Phi) is 7.48. The smallest absolute Gasteiger partial charge is 0.133 e. The first-order valence-corrected chi connectivity index (χ1v) is 9.76. The molecule has 0 fully saturated rings. The van der Waals surface area contributed by atoms with Crippen molar-refractivity contribution in [2.75, 3.05) is 6.61 Å². The summed E-state index contributed by atoms with van der Waals surface area (Å²) in [6, 6.07) is 28.7. The number of hydrogen-bond acceptors (Lipinski definition) is 2. The Morgan fingerprint density at radius 1 is 0.759 bits per heavy atom. The van der Waals surface area contributed by atoms with Crippen LogP contribution in [-0.4, -0.2) is 16.2 Å². The molecule has 0 saturated heterocycles. The molecular weight excluding hydrogens is 380 g/mol. The SMILES string of the molecule is C(=C\c1nc2ccccc2n1CCCCOc1ccccc1)/c1ccccc1.[Cl-]. The molecule has 0 N–H and O–H groups in total. The van der Waals surface area contributed by atoms with E-state index in [2.05, 4.69) is 59.2 Å². The standard InChI is InChI=1S/C25H24N2O.ClH/c1-3-11-21(12-4-1)17-18-25-26-23-15-7-8-16-24(23)27(25)19-9-10-20-28-22-13-5-2-6-14-22;/h1-8,11-18H,9-10,19-20H2;1H/p-1/b18-17+;. The maximum absolute atomic E-state index is 5.81. The van der Waals surface area contributed by atoms with E-state index in [4.69, 9.17) is 9.72 Å². The largest absolute Gasteiger partial charge is 1.00 e. The molecule has 0 amide bonds. The van der Waals surface area contributed by atoms with Crippen molar-refractivity contribution >= 4 is 23.2 Å². The third kappa shape index (κ3) is 5.49. The second-order valence-corrected chi connectivity index (χ2v) is 6.72. The molecule has 4 heteroatoms. The molecular formula is C25H24ClN2O-. The third-order valence-corrected chi connectivity index (χ3v) is 4.70. The number of ether oxygens (including phenoxy) is 1. The summed E-state index contributed by atoms with van der Waals surface area (Å²) in [5, 5.41) is 0. The van der Waals surface area contributed by atoms with Crippen molar-refractivity contribution in [2.24, 2.45) is 0 Å². The van der Waals surface area contributed by atoms with E-state index in [9.17, 15) is 0 Å². The van der Waals surface area contributed by atoms with Crippen LogP contribution in [-0.2, 0) is 6.54 Å². The van der Waals surface area contributed by atoms with Gasteiger partial charge in [-0.3, -0.25) is 0 Å². The van der Waals surface area contributed by atoms with Gasteiger partial charge in [-0.2, -0.15) is 0 Å². The van der Waals surface area contributed by atoms with Crippen LogP contribution in [0.15, 0.2) is 84.9 Å². The van der Waals surface area contributed by atoms with Gasteiger partial charge < -0.3 is 21.7 Å². The second kappa shape index (κ2) is 10.5. The Balaban J connectivity index is 0.00000240. The maximum Gasteiger partial charge on any atom is 0.133 e. The Morgan fingerprint density at radius 2 is 1.45 bits per heavy atom. The molecule has 0 unspecified atom stereocenters. The first-order valence-electron chi connectivity index (χ1n) is 9.76. The second-order valence-electron chi connectivity index (χ2n) is 6.72. The highest BCUT2D eigenvalue weighted by Crippen LogP contribution is 2.19. The lowest BCUT2D eigenvalue weighted by molar-refractivity contribution is -0.00000603. The van der Waals surface area contributed by atoms with E-state index in [1.165, 1.54) is 11.1 Å². The van der Waals surface area contributed by atoms with E-state index in [-0.39, 0.29) is 12.4 Å². The van der Waals surface area contributed by atoms with E-state index in [0.29, 0.717) is 0 Å². The number of fused-ring (bicyclic) bond motifs is 1. The zero-order valence-electron chi connectivity index (χ0n) is 16.2. The Hall–Kier alpha value is -3.04. The molecule has 0 radical (unpaired) electrons. The van der Waals surface area contributed by atoms with Crippen LogP contribution in [0.1, 0.15) is 24.2 Å². The number of rotatable bonds is 8. The van der Waals surface area contributed by atoms with Crippen molar-refractivity contribution in [1.82, 2.24) is 9.55 Å². The van der Waals surface area contributed by atoms with Crippen LogP contribution in [0.3, 0.4) is 0 Å². The molecule has 0 aliphatic heterocycles. The van der Waals surface area contributed by atoms with E-state index >= 15 is 0 Å². The van der Waals surface area contributed by atoms with Crippen LogP contribution in [0.2, 0.25) is 0 Å². The molecule has 3 aromatic carbocycles. The van der Waals surface area contributed by atoms with E-state index in [1.807, 2.05) is 42.5 Å². The molecule has 0 spiro atoms. The maximum atomic E-state index is 5.81. The van der Waals surface area contributed by atoms with E-state index in [1.54, 1.807) is 0 Å². The normalized spacial score (nSPS) is 10.9. The zero-order chi connectivity index (χ0) is 19.0. The number of nitrogens with zero attached hydrogens (tertiary/aromatic N) is 2. The lowest BCUT2D eigenvalue weighted by atomic mass is 10.2. The van der Waals surface area contributed by atoms with Crippen LogP contribution in [0, 0.1) is 0 Å². The van der Waals surface area contributed by atoms with E-state index in [0.717, 1.165) is 43.1 Å².